The number of nitrogens with one attached hydrogen (secondary N) is 2. The molecular formula is C23H24BrClN2O2. The van der Waals surface area contributed by atoms with Crippen molar-refractivity contribution >= 4 is 45.0 Å². The van der Waals surface area contributed by atoms with E-state index in [2.05, 4.69) is 26.6 Å². The van der Waals surface area contributed by atoms with Crippen LogP contribution in [0.15, 0.2) is 46.9 Å². The predicted octanol–water partition coefficient (Wildman–Crippen LogP) is 5.84. The number of halogens is 2. The van der Waals surface area contributed by atoms with Gasteiger partial charge in [-0.2, -0.15) is 0 Å². The molecule has 0 aliphatic heterocycles. The maximum absolute atomic E-state index is 13.0. The monoisotopic (exact) mass is 474 g/mol. The van der Waals surface area contributed by atoms with Gasteiger partial charge in [0.15, 0.2) is 0 Å². The first-order valence-corrected chi connectivity index (χ1v) is 11.3. The van der Waals surface area contributed by atoms with E-state index in [-0.39, 0.29) is 17.9 Å². The van der Waals surface area contributed by atoms with Crippen LogP contribution in [0.3, 0.4) is 0 Å². The van der Waals surface area contributed by atoms with Crippen LogP contribution in [-0.2, 0) is 10.2 Å². The van der Waals surface area contributed by atoms with Crippen LogP contribution in [0.2, 0.25) is 5.02 Å². The molecule has 2 aromatic rings. The fraction of sp³-hybridized carbons (Fsp3) is 0.391. The fourth-order valence-electron chi connectivity index (χ4n) is 4.08. The molecule has 2 amide bonds. The molecule has 2 N–H and O–H groups in total. The highest BCUT2D eigenvalue weighted by atomic mass is 79.9. The minimum absolute atomic E-state index is 0.0409. The van der Waals surface area contributed by atoms with Crippen molar-refractivity contribution in [1.82, 2.24) is 5.32 Å². The van der Waals surface area contributed by atoms with Gasteiger partial charge in [-0.05, 0) is 61.6 Å². The number of hydrogen-bond acceptors (Lipinski definition) is 2. The summed E-state index contributed by atoms with van der Waals surface area (Å²) in [6, 6.07) is 13.2. The van der Waals surface area contributed by atoms with E-state index in [0.29, 0.717) is 16.3 Å². The maximum atomic E-state index is 13.0. The Kier molecular flexibility index (Phi) is 5.98. The Morgan fingerprint density at radius 1 is 1.00 bits per heavy atom. The van der Waals surface area contributed by atoms with Crippen LogP contribution in [0.4, 0.5) is 5.69 Å². The summed E-state index contributed by atoms with van der Waals surface area (Å²) >= 11 is 9.72. The van der Waals surface area contributed by atoms with E-state index < -0.39 is 5.41 Å². The Balaban J connectivity index is 1.48. The molecule has 0 aromatic heterocycles. The molecule has 4 rings (SSSR count). The summed E-state index contributed by atoms with van der Waals surface area (Å²) in [6.45, 7) is 0. The standard InChI is InChI=1S/C23H24BrClN2O2/c24-16-8-6-15(7-9-16)23(12-13-23)22(29)27-18-10-11-20(25)19(14-18)21(28)26-17-4-2-1-3-5-17/h6-11,14,17H,1-5,12-13H2,(H,26,28)(H,27,29). The lowest BCUT2D eigenvalue weighted by Gasteiger charge is -2.23. The van der Waals surface area contributed by atoms with Gasteiger partial charge in [-0.25, -0.2) is 0 Å². The Hall–Kier alpha value is -1.85. The molecule has 152 valence electrons. The van der Waals surface area contributed by atoms with E-state index >= 15 is 0 Å². The number of hydrogen-bond donors (Lipinski definition) is 2. The van der Waals surface area contributed by atoms with Crippen molar-refractivity contribution in [3.05, 3.63) is 63.1 Å². The van der Waals surface area contributed by atoms with E-state index in [4.69, 9.17) is 11.6 Å². The summed E-state index contributed by atoms with van der Waals surface area (Å²) in [6.07, 6.45) is 7.19. The lowest BCUT2D eigenvalue weighted by molar-refractivity contribution is -0.118. The van der Waals surface area contributed by atoms with Gasteiger partial charge < -0.3 is 10.6 Å². The molecule has 0 radical (unpaired) electrons. The van der Waals surface area contributed by atoms with Crippen molar-refractivity contribution in [1.29, 1.82) is 0 Å². The van der Waals surface area contributed by atoms with Crippen LogP contribution in [0, 0.1) is 0 Å². The number of carbonyl (C=O) groups excluding carboxylic acids is 2. The highest BCUT2D eigenvalue weighted by Gasteiger charge is 2.51. The molecule has 2 fully saturated rings. The topological polar surface area (TPSA) is 58.2 Å². The fourth-order valence-corrected chi connectivity index (χ4v) is 4.55. The quantitative estimate of drug-likeness (QED) is 0.571. The molecular weight excluding hydrogens is 452 g/mol. The average molecular weight is 476 g/mol. The summed E-state index contributed by atoms with van der Waals surface area (Å²) in [7, 11) is 0. The smallest absolute Gasteiger partial charge is 0.253 e. The summed E-state index contributed by atoms with van der Waals surface area (Å²) in [4.78, 5) is 25.7. The highest BCUT2D eigenvalue weighted by Crippen LogP contribution is 2.49. The normalized spacial score (nSPS) is 18.1. The Bertz CT molecular complexity index is 919. The molecule has 0 spiro atoms. The molecule has 29 heavy (non-hydrogen) atoms. The third kappa shape index (κ3) is 4.51. The first kappa shape index (κ1) is 20.4. The van der Waals surface area contributed by atoms with Crippen molar-refractivity contribution in [3.8, 4) is 0 Å². The molecule has 4 nitrogen and oxygen atoms in total. The second-order valence-electron chi connectivity index (χ2n) is 8.05. The van der Waals surface area contributed by atoms with Gasteiger partial charge in [0.1, 0.15) is 0 Å². The van der Waals surface area contributed by atoms with Gasteiger partial charge in [0.25, 0.3) is 5.91 Å². The molecule has 0 saturated heterocycles. The number of carbonyl (C=O) groups is 2. The molecule has 2 aliphatic carbocycles. The average Bonchev–Trinajstić information content (AvgIpc) is 3.53. The largest absolute Gasteiger partial charge is 0.349 e. The van der Waals surface area contributed by atoms with E-state index in [1.807, 2.05) is 24.3 Å². The maximum Gasteiger partial charge on any atom is 0.253 e. The SMILES string of the molecule is O=C(NC1CCCCC1)c1cc(NC(=O)C2(c3ccc(Br)cc3)CC2)ccc1Cl. The Morgan fingerprint density at radius 3 is 2.34 bits per heavy atom. The van der Waals surface area contributed by atoms with Gasteiger partial charge in [-0.1, -0.05) is 58.9 Å². The van der Waals surface area contributed by atoms with Gasteiger partial charge in [0.2, 0.25) is 5.91 Å². The number of anilines is 1. The van der Waals surface area contributed by atoms with Crippen LogP contribution in [0.25, 0.3) is 0 Å². The minimum atomic E-state index is -0.481. The van der Waals surface area contributed by atoms with Crippen molar-refractivity contribution < 1.29 is 9.59 Å². The Morgan fingerprint density at radius 2 is 1.69 bits per heavy atom. The molecule has 2 aliphatic rings. The molecule has 2 aromatic carbocycles. The summed E-state index contributed by atoms with van der Waals surface area (Å²) in [5.41, 5.74) is 1.53. The molecule has 0 unspecified atom stereocenters. The van der Waals surface area contributed by atoms with Crippen LogP contribution in [-0.4, -0.2) is 17.9 Å². The second-order valence-corrected chi connectivity index (χ2v) is 9.37. The zero-order valence-electron chi connectivity index (χ0n) is 16.1. The van der Waals surface area contributed by atoms with Crippen molar-refractivity contribution in [2.45, 2.75) is 56.4 Å². The minimum Gasteiger partial charge on any atom is -0.349 e. The van der Waals surface area contributed by atoms with Gasteiger partial charge in [0.05, 0.1) is 16.0 Å². The van der Waals surface area contributed by atoms with Crippen LogP contribution < -0.4 is 10.6 Å². The third-order valence-corrected chi connectivity index (χ3v) is 6.85. The number of amides is 2. The van der Waals surface area contributed by atoms with Crippen LogP contribution in [0.5, 0.6) is 0 Å². The summed E-state index contributed by atoms with van der Waals surface area (Å²) < 4.78 is 0.990. The first-order chi connectivity index (χ1) is 14.0. The number of benzene rings is 2. The second kappa shape index (κ2) is 8.49. The van der Waals surface area contributed by atoms with Gasteiger partial charge >= 0.3 is 0 Å². The number of rotatable bonds is 5. The van der Waals surface area contributed by atoms with E-state index in [9.17, 15) is 9.59 Å². The lowest BCUT2D eigenvalue weighted by Crippen LogP contribution is -2.36. The predicted molar refractivity (Wildman–Crippen MR) is 119 cm³/mol. The highest BCUT2D eigenvalue weighted by molar-refractivity contribution is 9.10. The zero-order chi connectivity index (χ0) is 20.4. The van der Waals surface area contributed by atoms with E-state index in [1.165, 1.54) is 6.42 Å². The summed E-state index contributed by atoms with van der Waals surface area (Å²) in [5.74, 6) is -0.215. The lowest BCUT2D eigenvalue weighted by atomic mass is 9.94. The molecule has 0 atom stereocenters. The molecule has 6 heteroatoms. The molecule has 2 saturated carbocycles. The Labute approximate surface area is 184 Å². The molecule has 0 bridgehead atoms. The van der Waals surface area contributed by atoms with E-state index in [0.717, 1.165) is 48.6 Å². The van der Waals surface area contributed by atoms with Crippen LogP contribution in [0.1, 0.15) is 60.9 Å². The van der Waals surface area contributed by atoms with Gasteiger partial charge in [-0.3, -0.25) is 9.59 Å². The zero-order valence-corrected chi connectivity index (χ0v) is 18.5. The van der Waals surface area contributed by atoms with Crippen molar-refractivity contribution in [2.75, 3.05) is 5.32 Å². The van der Waals surface area contributed by atoms with Crippen molar-refractivity contribution in [3.63, 3.8) is 0 Å². The van der Waals surface area contributed by atoms with Gasteiger partial charge in [0, 0.05) is 16.2 Å². The van der Waals surface area contributed by atoms with Crippen LogP contribution >= 0.6 is 27.5 Å². The first-order valence-electron chi connectivity index (χ1n) is 10.2. The third-order valence-electron chi connectivity index (χ3n) is 5.99. The summed E-state index contributed by atoms with van der Waals surface area (Å²) in [5, 5.41) is 6.48. The molecule has 0 heterocycles. The van der Waals surface area contributed by atoms with Gasteiger partial charge in [-0.15, -0.1) is 0 Å². The van der Waals surface area contributed by atoms with Crippen molar-refractivity contribution in [2.24, 2.45) is 0 Å². The van der Waals surface area contributed by atoms with E-state index in [1.54, 1.807) is 18.2 Å².